The number of anilines is 1. The monoisotopic (exact) mass is 422 g/mol. The lowest BCUT2D eigenvalue weighted by atomic mass is 9.75. The van der Waals surface area contributed by atoms with Gasteiger partial charge in [0.25, 0.3) is 5.91 Å². The number of hydrogen-bond donors (Lipinski definition) is 2. The molecule has 5 atom stereocenters. The minimum atomic E-state index is -1.14. The van der Waals surface area contributed by atoms with E-state index in [0.717, 1.165) is 12.0 Å². The standard InChI is InChI=1S/C24H24FN3O3/c1-3-13(2)20-18-19(24(27-20)16-6-4-5-7-17(16)26-23(24)31)22(30)28(21(18)29)12-14-8-10-15(25)11-9-14/h4-11,13,18-20,27H,3,12H2,1-2H3,(H,26,31)/p+1/t13-,18+,19+,20+,24+/m1/s1. The third kappa shape index (κ3) is 2.69. The van der Waals surface area contributed by atoms with Gasteiger partial charge in [0.2, 0.25) is 17.4 Å². The molecule has 0 saturated carbocycles. The van der Waals surface area contributed by atoms with Gasteiger partial charge in [0.05, 0.1) is 12.2 Å². The van der Waals surface area contributed by atoms with Gasteiger partial charge in [-0.3, -0.25) is 19.3 Å². The molecule has 6 nitrogen and oxygen atoms in total. The van der Waals surface area contributed by atoms with E-state index in [-0.39, 0.29) is 42.0 Å². The van der Waals surface area contributed by atoms with Gasteiger partial charge in [0.15, 0.2) is 0 Å². The summed E-state index contributed by atoms with van der Waals surface area (Å²) in [5, 5.41) is 4.91. The van der Waals surface area contributed by atoms with Gasteiger partial charge in [-0.2, -0.15) is 0 Å². The SMILES string of the molecule is CC[C@@H](C)[C@@H]1[NH2+][C@]2(C(=O)Nc3ccccc32)[C@@H]2C(=O)N(Cc3ccc(F)cc3)C(=O)[C@H]12. The Morgan fingerprint density at radius 1 is 1.10 bits per heavy atom. The van der Waals surface area contributed by atoms with Crippen LogP contribution < -0.4 is 10.6 Å². The number of rotatable bonds is 4. The number of likely N-dealkylation sites (tertiary alicyclic amines) is 1. The summed E-state index contributed by atoms with van der Waals surface area (Å²) in [5.74, 6) is -2.36. The molecule has 2 aromatic rings. The number of nitrogens with two attached hydrogens (primary N) is 1. The van der Waals surface area contributed by atoms with E-state index in [9.17, 15) is 18.8 Å². The number of nitrogens with zero attached hydrogens (tertiary/aromatic N) is 1. The molecule has 3 aliphatic rings. The maximum atomic E-state index is 13.7. The van der Waals surface area contributed by atoms with E-state index in [0.29, 0.717) is 11.3 Å². The van der Waals surface area contributed by atoms with Crippen molar-refractivity contribution < 1.29 is 24.1 Å². The molecule has 3 amide bonds. The molecule has 0 aromatic heterocycles. The zero-order valence-electron chi connectivity index (χ0n) is 17.5. The average molecular weight is 422 g/mol. The van der Waals surface area contributed by atoms with Crippen LogP contribution in [0.4, 0.5) is 10.1 Å². The van der Waals surface area contributed by atoms with E-state index >= 15 is 0 Å². The summed E-state index contributed by atoms with van der Waals surface area (Å²) in [7, 11) is 0. The first-order chi connectivity index (χ1) is 14.9. The predicted molar refractivity (Wildman–Crippen MR) is 111 cm³/mol. The Bertz CT molecular complexity index is 1090. The topological polar surface area (TPSA) is 83.1 Å². The molecular weight excluding hydrogens is 397 g/mol. The Kier molecular flexibility index (Phi) is 4.48. The van der Waals surface area contributed by atoms with Crippen LogP contribution in [-0.2, 0) is 26.5 Å². The molecule has 0 bridgehead atoms. The lowest BCUT2D eigenvalue weighted by Crippen LogP contribution is -2.99. The summed E-state index contributed by atoms with van der Waals surface area (Å²) in [6, 6.07) is 13.0. The minimum absolute atomic E-state index is 0.0809. The summed E-state index contributed by atoms with van der Waals surface area (Å²) in [6.45, 7) is 4.20. The Morgan fingerprint density at radius 2 is 1.81 bits per heavy atom. The van der Waals surface area contributed by atoms with Crippen molar-refractivity contribution in [3.8, 4) is 0 Å². The molecule has 31 heavy (non-hydrogen) atoms. The molecule has 5 rings (SSSR count). The first kappa shape index (κ1) is 19.9. The van der Waals surface area contributed by atoms with Crippen LogP contribution in [0.1, 0.15) is 31.4 Å². The quantitative estimate of drug-likeness (QED) is 0.737. The van der Waals surface area contributed by atoms with Crippen molar-refractivity contribution in [2.45, 2.75) is 38.4 Å². The van der Waals surface area contributed by atoms with Crippen molar-refractivity contribution in [1.29, 1.82) is 0 Å². The highest BCUT2D eigenvalue weighted by molar-refractivity contribution is 6.13. The van der Waals surface area contributed by atoms with E-state index in [4.69, 9.17) is 0 Å². The predicted octanol–water partition coefficient (Wildman–Crippen LogP) is 1.77. The van der Waals surface area contributed by atoms with Crippen molar-refractivity contribution in [1.82, 2.24) is 4.90 Å². The van der Waals surface area contributed by atoms with Crippen LogP contribution in [0, 0.1) is 23.6 Å². The summed E-state index contributed by atoms with van der Waals surface area (Å²) < 4.78 is 13.3. The number of halogens is 1. The number of para-hydroxylation sites is 1. The average Bonchev–Trinajstić information content (AvgIpc) is 3.36. The smallest absolute Gasteiger partial charge is 0.291 e. The Hall–Kier alpha value is -3.06. The fraction of sp³-hybridized carbons (Fsp3) is 0.375. The second-order valence-electron chi connectivity index (χ2n) is 8.89. The molecule has 0 radical (unpaired) electrons. The van der Waals surface area contributed by atoms with Gasteiger partial charge in [0, 0.05) is 11.5 Å². The van der Waals surface area contributed by atoms with Gasteiger partial charge < -0.3 is 10.6 Å². The van der Waals surface area contributed by atoms with Crippen molar-refractivity contribution in [2.24, 2.45) is 17.8 Å². The molecule has 3 aliphatic heterocycles. The summed E-state index contributed by atoms with van der Waals surface area (Å²) in [4.78, 5) is 41.8. The number of fused-ring (bicyclic) bond motifs is 4. The molecular formula is C24H25FN3O3+. The van der Waals surface area contributed by atoms with Crippen LogP contribution in [0.15, 0.2) is 48.5 Å². The largest absolute Gasteiger partial charge is 0.326 e. The van der Waals surface area contributed by atoms with Crippen LogP contribution in [0.5, 0.6) is 0 Å². The van der Waals surface area contributed by atoms with E-state index in [1.165, 1.54) is 17.0 Å². The van der Waals surface area contributed by atoms with Gasteiger partial charge >= 0.3 is 0 Å². The lowest BCUT2D eigenvalue weighted by Gasteiger charge is -2.27. The first-order valence-electron chi connectivity index (χ1n) is 10.7. The normalized spacial score (nSPS) is 30.0. The van der Waals surface area contributed by atoms with E-state index in [1.807, 2.05) is 29.6 Å². The molecule has 2 aromatic carbocycles. The van der Waals surface area contributed by atoms with Crippen LogP contribution in [0.3, 0.4) is 0 Å². The molecule has 7 heteroatoms. The third-order valence-electron chi connectivity index (χ3n) is 7.35. The first-order valence-corrected chi connectivity index (χ1v) is 10.7. The van der Waals surface area contributed by atoms with Crippen molar-refractivity contribution in [3.63, 3.8) is 0 Å². The number of quaternary nitrogens is 1. The Morgan fingerprint density at radius 3 is 2.52 bits per heavy atom. The van der Waals surface area contributed by atoms with Crippen molar-refractivity contribution >= 4 is 23.4 Å². The molecule has 3 N–H and O–H groups in total. The highest BCUT2D eigenvalue weighted by atomic mass is 19.1. The zero-order chi connectivity index (χ0) is 21.9. The number of imide groups is 1. The lowest BCUT2D eigenvalue weighted by molar-refractivity contribution is -0.738. The highest BCUT2D eigenvalue weighted by Crippen LogP contribution is 2.50. The molecule has 0 unspecified atom stereocenters. The molecule has 160 valence electrons. The summed E-state index contributed by atoms with van der Waals surface area (Å²) in [5.41, 5.74) is 1.01. The van der Waals surface area contributed by atoms with Gasteiger partial charge in [-0.1, -0.05) is 44.2 Å². The fourth-order valence-corrected chi connectivity index (χ4v) is 5.62. The highest BCUT2D eigenvalue weighted by Gasteiger charge is 2.74. The van der Waals surface area contributed by atoms with Gasteiger partial charge in [0.1, 0.15) is 23.7 Å². The van der Waals surface area contributed by atoms with Crippen molar-refractivity contribution in [2.75, 3.05) is 5.32 Å². The molecule has 2 fully saturated rings. The van der Waals surface area contributed by atoms with Crippen molar-refractivity contribution in [3.05, 3.63) is 65.5 Å². The van der Waals surface area contributed by atoms with Gasteiger partial charge in [-0.25, -0.2) is 4.39 Å². The van der Waals surface area contributed by atoms with Crippen LogP contribution in [-0.4, -0.2) is 28.7 Å². The second kappa shape index (κ2) is 6.99. The van der Waals surface area contributed by atoms with Crippen LogP contribution >= 0.6 is 0 Å². The Balaban J connectivity index is 1.60. The number of hydrogen-bond acceptors (Lipinski definition) is 3. The third-order valence-corrected chi connectivity index (χ3v) is 7.35. The van der Waals surface area contributed by atoms with Gasteiger partial charge in [-0.15, -0.1) is 0 Å². The molecule has 1 spiro atoms. The number of benzene rings is 2. The molecule has 0 aliphatic carbocycles. The summed E-state index contributed by atoms with van der Waals surface area (Å²) >= 11 is 0. The number of carbonyl (C=O) groups is 3. The fourth-order valence-electron chi connectivity index (χ4n) is 5.62. The molecule has 3 heterocycles. The van der Waals surface area contributed by atoms with E-state index in [2.05, 4.69) is 19.2 Å². The number of carbonyl (C=O) groups excluding carboxylic acids is 3. The minimum Gasteiger partial charge on any atom is -0.326 e. The van der Waals surface area contributed by atoms with Gasteiger partial charge in [-0.05, 0) is 30.2 Å². The maximum Gasteiger partial charge on any atom is 0.291 e. The summed E-state index contributed by atoms with van der Waals surface area (Å²) in [6.07, 6.45) is 0.836. The van der Waals surface area contributed by atoms with E-state index in [1.54, 1.807) is 12.1 Å². The number of amides is 3. The second-order valence-corrected chi connectivity index (χ2v) is 8.89. The Labute approximate surface area is 179 Å². The van der Waals surface area contributed by atoms with Crippen LogP contribution in [0.2, 0.25) is 0 Å². The maximum absolute atomic E-state index is 13.7. The number of nitrogens with one attached hydrogen (secondary N) is 1. The van der Waals surface area contributed by atoms with E-state index < -0.39 is 17.4 Å². The molecule has 2 saturated heterocycles. The zero-order valence-corrected chi connectivity index (χ0v) is 17.5. The van der Waals surface area contributed by atoms with Crippen LogP contribution in [0.25, 0.3) is 0 Å².